The molecule has 1 atom stereocenters. The molecule has 0 aliphatic carbocycles. The summed E-state index contributed by atoms with van der Waals surface area (Å²) in [5.74, 6) is -0.498. The highest BCUT2D eigenvalue weighted by atomic mass is 16.6. The van der Waals surface area contributed by atoms with Crippen molar-refractivity contribution in [2.24, 2.45) is 0 Å². The first kappa shape index (κ1) is 58.0. The van der Waals surface area contributed by atoms with Gasteiger partial charge in [-0.2, -0.15) is 0 Å². The summed E-state index contributed by atoms with van der Waals surface area (Å²) in [6.45, 7) is 7.34. The molecule has 0 radical (unpaired) electrons. The van der Waals surface area contributed by atoms with Crippen molar-refractivity contribution in [3.63, 3.8) is 0 Å². The lowest BCUT2D eigenvalue weighted by Gasteiger charge is -2.18. The number of unbranched alkanes of at least 4 members (excludes halogenated alkanes) is 10. The molecule has 348 valence electrons. The maximum absolute atomic E-state index is 12.8. The Morgan fingerprint density at radius 2 is 0.677 bits per heavy atom. The first-order valence-corrected chi connectivity index (χ1v) is 24.7. The first-order chi connectivity index (χ1) is 30.6. The molecule has 62 heavy (non-hydrogen) atoms. The van der Waals surface area contributed by atoms with Crippen molar-refractivity contribution in [1.29, 1.82) is 0 Å². The molecule has 0 saturated carbocycles. The van der Waals surface area contributed by atoms with Crippen LogP contribution in [-0.4, -0.2) is 37.9 Å². The second-order valence-electron chi connectivity index (χ2n) is 15.6. The summed E-state index contributed by atoms with van der Waals surface area (Å²) in [5, 5.41) is 0. The minimum Gasteiger partial charge on any atom is -0.462 e. The van der Waals surface area contributed by atoms with Crippen LogP contribution >= 0.6 is 0 Å². The van der Waals surface area contributed by atoms with Crippen LogP contribution in [-0.2, 0) is 23.8 Å². The fourth-order valence-electron chi connectivity index (χ4n) is 6.09. The fraction of sp³-hybridized carbons (Fsp3) is 0.579. The van der Waals surface area contributed by atoms with Gasteiger partial charge in [-0.1, -0.05) is 180 Å². The van der Waals surface area contributed by atoms with Crippen LogP contribution < -0.4 is 0 Å². The van der Waals surface area contributed by atoms with E-state index in [0.717, 1.165) is 148 Å². The molecule has 0 aliphatic rings. The van der Waals surface area contributed by atoms with Gasteiger partial charge in [-0.25, -0.2) is 0 Å². The fourth-order valence-corrected chi connectivity index (χ4v) is 6.09. The van der Waals surface area contributed by atoms with Gasteiger partial charge in [0.05, 0.1) is 6.61 Å². The van der Waals surface area contributed by atoms with Crippen LogP contribution in [0, 0.1) is 0 Å². The summed E-state index contributed by atoms with van der Waals surface area (Å²) in [4.78, 5) is 25.4. The van der Waals surface area contributed by atoms with E-state index in [1.54, 1.807) is 0 Å². The molecule has 0 N–H and O–H groups in total. The first-order valence-electron chi connectivity index (χ1n) is 24.7. The minimum absolute atomic E-state index is 0.0370. The lowest BCUT2D eigenvalue weighted by Crippen LogP contribution is -2.30. The van der Waals surface area contributed by atoms with E-state index in [0.29, 0.717) is 19.4 Å². The Balaban J connectivity index is 4.45. The van der Waals surface area contributed by atoms with E-state index in [1.807, 2.05) is 0 Å². The van der Waals surface area contributed by atoms with Gasteiger partial charge in [-0.05, 0) is 128 Å². The lowest BCUT2D eigenvalue weighted by molar-refractivity contribution is -0.163. The van der Waals surface area contributed by atoms with Crippen LogP contribution in [0.25, 0.3) is 0 Å². The van der Waals surface area contributed by atoms with Crippen molar-refractivity contribution in [3.05, 3.63) is 134 Å². The van der Waals surface area contributed by atoms with Crippen LogP contribution in [0.4, 0.5) is 0 Å². The highest BCUT2D eigenvalue weighted by Crippen LogP contribution is 2.11. The Morgan fingerprint density at radius 3 is 1.10 bits per heavy atom. The molecule has 0 aromatic heterocycles. The summed E-state index contributed by atoms with van der Waals surface area (Å²) < 4.78 is 17.3. The number of carbonyl (C=O) groups excluding carboxylic acids is 2. The van der Waals surface area contributed by atoms with E-state index in [4.69, 9.17) is 14.2 Å². The Labute approximate surface area is 381 Å². The summed E-state index contributed by atoms with van der Waals surface area (Å²) in [5.41, 5.74) is 0. The zero-order chi connectivity index (χ0) is 44.9. The molecule has 0 saturated heterocycles. The number of hydrogen-bond acceptors (Lipinski definition) is 5. The van der Waals surface area contributed by atoms with Crippen LogP contribution in [0.2, 0.25) is 0 Å². The van der Waals surface area contributed by atoms with Crippen molar-refractivity contribution in [2.45, 2.75) is 194 Å². The molecule has 0 fully saturated rings. The van der Waals surface area contributed by atoms with Crippen molar-refractivity contribution in [1.82, 2.24) is 0 Å². The van der Waals surface area contributed by atoms with Crippen LogP contribution in [0.15, 0.2) is 134 Å². The number of ether oxygens (including phenoxy) is 3. The number of allylic oxidation sites excluding steroid dienone is 22. The molecule has 0 amide bonds. The number of rotatable bonds is 43. The molecule has 0 spiro atoms. The van der Waals surface area contributed by atoms with Gasteiger partial charge in [0.15, 0.2) is 6.10 Å². The van der Waals surface area contributed by atoms with Gasteiger partial charge in [0.25, 0.3) is 0 Å². The van der Waals surface area contributed by atoms with Crippen molar-refractivity contribution in [3.8, 4) is 0 Å². The standard InChI is InChI=1S/C57H90O5/c1-4-7-10-13-16-19-22-25-28-29-31-32-35-38-41-44-47-50-56(58)61-54-55(53-60-52-49-46-43-40-37-34-27-24-21-18-15-12-9-6-3)62-57(59)51-48-45-42-39-36-33-30-26-23-20-17-14-11-8-5-2/h7-12,16-21,25-28,30-32,34,36,39,55H,4-6,13-15,22-24,29,33,35,37-38,40-54H2,1-3H3/b10-7-,11-8-,12-9-,19-16-,20-17-,21-18-,28-25-,30-26-,32-31-,34-27-,39-36-. The largest absolute Gasteiger partial charge is 0.462 e. The van der Waals surface area contributed by atoms with Crippen molar-refractivity contribution in [2.75, 3.05) is 19.8 Å². The molecular formula is C57H90O5. The van der Waals surface area contributed by atoms with E-state index >= 15 is 0 Å². The zero-order valence-electron chi connectivity index (χ0n) is 39.8. The molecule has 0 heterocycles. The van der Waals surface area contributed by atoms with Crippen molar-refractivity contribution >= 4 is 11.9 Å². The summed E-state index contributed by atoms with van der Waals surface area (Å²) in [6.07, 6.45) is 73.2. The topological polar surface area (TPSA) is 61.8 Å². The third kappa shape index (κ3) is 48.7. The van der Waals surface area contributed by atoms with Crippen LogP contribution in [0.5, 0.6) is 0 Å². The van der Waals surface area contributed by atoms with Gasteiger partial charge in [-0.3, -0.25) is 9.59 Å². The van der Waals surface area contributed by atoms with Gasteiger partial charge in [0.2, 0.25) is 0 Å². The third-order valence-corrected chi connectivity index (χ3v) is 9.66. The van der Waals surface area contributed by atoms with Gasteiger partial charge < -0.3 is 14.2 Å². The highest BCUT2D eigenvalue weighted by Gasteiger charge is 2.17. The smallest absolute Gasteiger partial charge is 0.306 e. The van der Waals surface area contributed by atoms with E-state index in [-0.39, 0.29) is 25.2 Å². The Hall–Kier alpha value is -3.96. The maximum atomic E-state index is 12.8. The number of esters is 2. The minimum atomic E-state index is -0.589. The Morgan fingerprint density at radius 1 is 0.355 bits per heavy atom. The number of carbonyl (C=O) groups is 2. The summed E-state index contributed by atoms with van der Waals surface area (Å²) in [7, 11) is 0. The summed E-state index contributed by atoms with van der Waals surface area (Å²) in [6, 6.07) is 0. The van der Waals surface area contributed by atoms with Crippen LogP contribution in [0.1, 0.15) is 188 Å². The Kier molecular flexibility index (Phi) is 48.1. The molecule has 0 rings (SSSR count). The van der Waals surface area contributed by atoms with Gasteiger partial charge >= 0.3 is 11.9 Å². The Bertz CT molecular complexity index is 1330. The van der Waals surface area contributed by atoms with E-state index in [1.165, 1.54) is 6.42 Å². The van der Waals surface area contributed by atoms with Gasteiger partial charge in [0, 0.05) is 19.4 Å². The lowest BCUT2D eigenvalue weighted by atomic mass is 10.1. The maximum Gasteiger partial charge on any atom is 0.306 e. The van der Waals surface area contributed by atoms with E-state index in [2.05, 4.69) is 154 Å². The van der Waals surface area contributed by atoms with Gasteiger partial charge in [0.1, 0.15) is 6.61 Å². The molecular weight excluding hydrogens is 765 g/mol. The van der Waals surface area contributed by atoms with Gasteiger partial charge in [-0.15, -0.1) is 0 Å². The molecule has 0 bridgehead atoms. The quantitative estimate of drug-likeness (QED) is 0.0347. The van der Waals surface area contributed by atoms with E-state index in [9.17, 15) is 9.59 Å². The molecule has 1 unspecified atom stereocenters. The molecule has 5 nitrogen and oxygen atoms in total. The monoisotopic (exact) mass is 855 g/mol. The molecule has 0 aromatic rings. The number of hydrogen-bond donors (Lipinski definition) is 0. The molecule has 5 heteroatoms. The van der Waals surface area contributed by atoms with Crippen LogP contribution in [0.3, 0.4) is 0 Å². The average Bonchev–Trinajstić information content (AvgIpc) is 3.27. The molecule has 0 aromatic carbocycles. The third-order valence-electron chi connectivity index (χ3n) is 9.66. The predicted octanol–water partition coefficient (Wildman–Crippen LogP) is 16.8. The molecule has 0 aliphatic heterocycles. The average molecular weight is 855 g/mol. The predicted molar refractivity (Wildman–Crippen MR) is 269 cm³/mol. The zero-order valence-corrected chi connectivity index (χ0v) is 39.8. The van der Waals surface area contributed by atoms with E-state index < -0.39 is 6.10 Å². The highest BCUT2D eigenvalue weighted by molar-refractivity contribution is 5.70. The summed E-state index contributed by atoms with van der Waals surface area (Å²) >= 11 is 0. The second-order valence-corrected chi connectivity index (χ2v) is 15.6. The SMILES string of the molecule is CC/C=C\C/C=C\C/C=C\C/C=C\CCCCCCC(=O)OCC(COCCCCCC/C=C\C/C=C\C/C=C\CC)OC(=O)CCCC/C=C\C/C=C\C/C=C\C/C=C\CC. The second kappa shape index (κ2) is 51.4. The normalized spacial score (nSPS) is 13.4. The van der Waals surface area contributed by atoms with Crippen molar-refractivity contribution < 1.29 is 23.8 Å².